The number of benzene rings is 2. The minimum absolute atomic E-state index is 0.0455. The fourth-order valence-corrected chi connectivity index (χ4v) is 4.64. The van der Waals surface area contributed by atoms with Crippen molar-refractivity contribution in [3.05, 3.63) is 78.9 Å². The number of hydrogen-bond acceptors (Lipinski definition) is 4. The summed E-state index contributed by atoms with van der Waals surface area (Å²) in [6.45, 7) is 5.59. The molecular weight excluding hydrogens is 338 g/mol. The zero-order valence-corrected chi connectivity index (χ0v) is 14.6. The van der Waals surface area contributed by atoms with Gasteiger partial charge in [-0.25, -0.2) is 13.2 Å². The van der Waals surface area contributed by atoms with Gasteiger partial charge in [0.1, 0.15) is 6.10 Å². The average molecular weight is 357 g/mol. The monoisotopic (exact) mass is 357 g/mol. The first-order valence-corrected chi connectivity index (χ1v) is 9.38. The van der Waals surface area contributed by atoms with E-state index in [1.165, 1.54) is 18.2 Å². The summed E-state index contributed by atoms with van der Waals surface area (Å²) in [7, 11) is -4.02. The number of carbonyl (C=O) groups excluding carboxylic acids is 1. The number of carbonyl (C=O) groups is 1. The van der Waals surface area contributed by atoms with Crippen molar-refractivity contribution < 1.29 is 17.9 Å². The van der Waals surface area contributed by atoms with Crippen molar-refractivity contribution in [1.29, 1.82) is 0 Å². The third-order valence-corrected chi connectivity index (χ3v) is 6.14. The summed E-state index contributed by atoms with van der Waals surface area (Å²) in [4.78, 5) is 12.6. The standard InChI is InChI=1S/C19H19NO4S/c1-3-17-14(2)18(15-10-6-4-7-11-15)24-19(21)20(17)25(22,23)16-12-8-5-9-13-16/h3-14,17-18H,1H2,2H3/t14-,17+,18-/m0/s1. The molecule has 3 rings (SSSR count). The molecule has 0 radical (unpaired) electrons. The van der Waals surface area contributed by atoms with E-state index in [0.717, 1.165) is 9.87 Å². The van der Waals surface area contributed by atoms with E-state index in [2.05, 4.69) is 6.58 Å². The maximum absolute atomic E-state index is 12.9. The van der Waals surface area contributed by atoms with Gasteiger partial charge in [-0.05, 0) is 17.7 Å². The van der Waals surface area contributed by atoms with Crippen LogP contribution in [0.4, 0.5) is 4.79 Å². The molecule has 6 heteroatoms. The second-order valence-corrected chi connectivity index (χ2v) is 7.73. The Morgan fingerprint density at radius 2 is 1.60 bits per heavy atom. The van der Waals surface area contributed by atoms with Crippen LogP contribution in [0.25, 0.3) is 0 Å². The topological polar surface area (TPSA) is 63.7 Å². The molecule has 5 nitrogen and oxygen atoms in total. The molecule has 0 aliphatic carbocycles. The molecule has 0 bridgehead atoms. The lowest BCUT2D eigenvalue weighted by Crippen LogP contribution is -2.52. The molecule has 2 aromatic rings. The Morgan fingerprint density at radius 3 is 2.16 bits per heavy atom. The van der Waals surface area contributed by atoms with Crippen molar-refractivity contribution in [1.82, 2.24) is 4.31 Å². The Morgan fingerprint density at radius 1 is 1.04 bits per heavy atom. The van der Waals surface area contributed by atoms with Crippen LogP contribution in [-0.4, -0.2) is 24.9 Å². The molecule has 0 unspecified atom stereocenters. The SMILES string of the molecule is C=C[C@@H]1[C@H](C)[C@@H](c2ccccc2)OC(=O)N1S(=O)(=O)c1ccccc1. The summed E-state index contributed by atoms with van der Waals surface area (Å²) in [5, 5.41) is 0. The molecule has 0 N–H and O–H groups in total. The molecule has 3 atom stereocenters. The highest BCUT2D eigenvalue weighted by atomic mass is 32.2. The van der Waals surface area contributed by atoms with E-state index in [9.17, 15) is 13.2 Å². The Hall–Kier alpha value is -2.60. The Labute approximate surface area is 147 Å². The number of ether oxygens (including phenoxy) is 1. The van der Waals surface area contributed by atoms with Crippen molar-refractivity contribution in [3.63, 3.8) is 0 Å². The predicted molar refractivity (Wildman–Crippen MR) is 94.3 cm³/mol. The van der Waals surface area contributed by atoms with E-state index < -0.39 is 28.3 Å². The summed E-state index contributed by atoms with van der Waals surface area (Å²) in [6, 6.07) is 16.4. The number of amides is 1. The highest BCUT2D eigenvalue weighted by molar-refractivity contribution is 7.89. The van der Waals surface area contributed by atoms with Gasteiger partial charge in [0.25, 0.3) is 10.0 Å². The Kier molecular flexibility index (Phi) is 4.63. The normalized spacial score (nSPS) is 23.8. The van der Waals surface area contributed by atoms with Crippen LogP contribution < -0.4 is 0 Å². The van der Waals surface area contributed by atoms with Crippen molar-refractivity contribution >= 4 is 16.1 Å². The van der Waals surface area contributed by atoms with Gasteiger partial charge in [0.2, 0.25) is 0 Å². The van der Waals surface area contributed by atoms with Crippen LogP contribution in [-0.2, 0) is 14.8 Å². The number of sulfonamides is 1. The van der Waals surface area contributed by atoms with Gasteiger partial charge in [0.15, 0.2) is 0 Å². The molecule has 1 aliphatic heterocycles. The molecule has 0 aromatic heterocycles. The third kappa shape index (κ3) is 3.05. The summed E-state index contributed by atoms with van der Waals surface area (Å²) in [5.74, 6) is -0.281. The molecule has 1 heterocycles. The highest BCUT2D eigenvalue weighted by Crippen LogP contribution is 2.38. The van der Waals surface area contributed by atoms with Crippen LogP contribution in [0.5, 0.6) is 0 Å². The number of rotatable bonds is 4. The van der Waals surface area contributed by atoms with Crippen LogP contribution in [0.1, 0.15) is 18.6 Å². The lowest BCUT2D eigenvalue weighted by atomic mass is 9.89. The van der Waals surface area contributed by atoms with Gasteiger partial charge < -0.3 is 4.74 Å². The molecule has 1 fully saturated rings. The number of hydrogen-bond donors (Lipinski definition) is 0. The fourth-order valence-electron chi connectivity index (χ4n) is 3.07. The van der Waals surface area contributed by atoms with E-state index in [0.29, 0.717) is 0 Å². The van der Waals surface area contributed by atoms with E-state index in [-0.39, 0.29) is 10.8 Å². The smallest absolute Gasteiger partial charge is 0.425 e. The summed E-state index contributed by atoms with van der Waals surface area (Å²) < 4.78 is 32.2. The lowest BCUT2D eigenvalue weighted by molar-refractivity contribution is -0.000555. The maximum Gasteiger partial charge on any atom is 0.425 e. The molecule has 1 aliphatic rings. The van der Waals surface area contributed by atoms with Gasteiger partial charge in [-0.2, -0.15) is 4.31 Å². The lowest BCUT2D eigenvalue weighted by Gasteiger charge is -2.41. The van der Waals surface area contributed by atoms with Gasteiger partial charge in [0.05, 0.1) is 10.9 Å². The second-order valence-electron chi connectivity index (χ2n) is 5.91. The summed E-state index contributed by atoms with van der Waals surface area (Å²) in [5.41, 5.74) is 0.826. The molecule has 0 spiro atoms. The molecule has 0 saturated carbocycles. The first-order valence-electron chi connectivity index (χ1n) is 7.94. The second kappa shape index (κ2) is 6.72. The van der Waals surface area contributed by atoms with Gasteiger partial charge in [-0.1, -0.05) is 61.5 Å². The average Bonchev–Trinajstić information content (AvgIpc) is 2.64. The molecular formula is C19H19NO4S. The van der Waals surface area contributed by atoms with Crippen molar-refractivity contribution in [3.8, 4) is 0 Å². The fraction of sp³-hybridized carbons (Fsp3) is 0.211. The zero-order valence-electron chi connectivity index (χ0n) is 13.8. The number of cyclic esters (lactones) is 1. The molecule has 1 saturated heterocycles. The van der Waals surface area contributed by atoms with Crippen molar-refractivity contribution in [2.24, 2.45) is 5.92 Å². The van der Waals surface area contributed by atoms with Crippen molar-refractivity contribution in [2.45, 2.75) is 24.0 Å². The Balaban J connectivity index is 2.00. The van der Waals surface area contributed by atoms with E-state index in [1.807, 2.05) is 37.3 Å². The van der Waals surface area contributed by atoms with Crippen molar-refractivity contribution in [2.75, 3.05) is 0 Å². The minimum atomic E-state index is -4.02. The van der Waals surface area contributed by atoms with Crippen LogP contribution >= 0.6 is 0 Å². The largest absolute Gasteiger partial charge is 0.440 e. The van der Waals surface area contributed by atoms with Crippen LogP contribution in [0.3, 0.4) is 0 Å². The summed E-state index contributed by atoms with van der Waals surface area (Å²) >= 11 is 0. The first kappa shape index (κ1) is 17.2. The minimum Gasteiger partial charge on any atom is -0.440 e. The van der Waals surface area contributed by atoms with Gasteiger partial charge in [-0.3, -0.25) is 0 Å². The quantitative estimate of drug-likeness (QED) is 0.782. The third-order valence-electron chi connectivity index (χ3n) is 4.36. The van der Waals surface area contributed by atoms with Crippen LogP contribution in [0.15, 0.2) is 78.2 Å². The maximum atomic E-state index is 12.9. The highest BCUT2D eigenvalue weighted by Gasteiger charge is 2.46. The van der Waals surface area contributed by atoms with E-state index in [1.54, 1.807) is 18.2 Å². The van der Waals surface area contributed by atoms with Gasteiger partial charge in [0, 0.05) is 5.92 Å². The molecule has 130 valence electrons. The summed E-state index contributed by atoms with van der Waals surface area (Å²) in [6.07, 6.45) is 0.0706. The van der Waals surface area contributed by atoms with Crippen LogP contribution in [0, 0.1) is 5.92 Å². The van der Waals surface area contributed by atoms with Gasteiger partial charge >= 0.3 is 6.09 Å². The first-order chi connectivity index (χ1) is 12.0. The molecule has 2 aromatic carbocycles. The zero-order chi connectivity index (χ0) is 18.0. The molecule has 25 heavy (non-hydrogen) atoms. The predicted octanol–water partition coefficient (Wildman–Crippen LogP) is 3.76. The van der Waals surface area contributed by atoms with Crippen LogP contribution in [0.2, 0.25) is 0 Å². The Bertz CT molecular complexity index is 865. The van der Waals surface area contributed by atoms with E-state index >= 15 is 0 Å². The van der Waals surface area contributed by atoms with E-state index in [4.69, 9.17) is 4.74 Å². The molecule has 1 amide bonds. The number of nitrogens with zero attached hydrogens (tertiary/aromatic N) is 1. The van der Waals surface area contributed by atoms with Gasteiger partial charge in [-0.15, -0.1) is 6.58 Å².